The summed E-state index contributed by atoms with van der Waals surface area (Å²) in [6.07, 6.45) is 3.39. The van der Waals surface area contributed by atoms with E-state index in [-0.39, 0.29) is 10.2 Å². The molecule has 0 radical (unpaired) electrons. The predicted molar refractivity (Wildman–Crippen MR) is 65.6 cm³/mol. The maximum atomic E-state index is 11.0. The van der Waals surface area contributed by atoms with Crippen molar-refractivity contribution in [3.63, 3.8) is 0 Å². The highest BCUT2D eigenvalue weighted by Crippen LogP contribution is 1.90. The van der Waals surface area contributed by atoms with E-state index in [0.717, 1.165) is 0 Å². The van der Waals surface area contributed by atoms with Gasteiger partial charge in [0.05, 0.1) is 0 Å². The molecule has 0 unspecified atom stereocenters. The van der Waals surface area contributed by atoms with Crippen molar-refractivity contribution in [3.05, 3.63) is 0 Å². The van der Waals surface area contributed by atoms with Crippen LogP contribution in [0, 0.1) is 0 Å². The molecule has 0 aromatic heterocycles. The van der Waals surface area contributed by atoms with E-state index >= 15 is 0 Å². The molecule has 0 fully saturated rings. The highest BCUT2D eigenvalue weighted by molar-refractivity contribution is 7.98. The van der Waals surface area contributed by atoms with Crippen LogP contribution in [0.3, 0.4) is 0 Å². The lowest BCUT2D eigenvalue weighted by Gasteiger charge is -2.06. The van der Waals surface area contributed by atoms with Crippen LogP contribution in [-0.2, 0) is 19.0 Å². The monoisotopic (exact) mass is 278 g/mol. The number of rotatable bonds is 4. The smallest absolute Gasteiger partial charge is 0.287 e. The van der Waals surface area contributed by atoms with Crippen LogP contribution in [0.15, 0.2) is 0 Å². The molecule has 0 bridgehead atoms. The second-order valence-electron chi connectivity index (χ2n) is 2.00. The van der Waals surface area contributed by atoms with Crippen molar-refractivity contribution in [2.24, 2.45) is 11.5 Å². The van der Waals surface area contributed by atoms with Gasteiger partial charge in [0.2, 0.25) is 0 Å². The zero-order valence-electron chi connectivity index (χ0n) is 8.09. The molecule has 15 heavy (non-hydrogen) atoms. The summed E-state index contributed by atoms with van der Waals surface area (Å²) in [5.74, 6) is 0. The van der Waals surface area contributed by atoms with Gasteiger partial charge in [0.25, 0.3) is 0 Å². The van der Waals surface area contributed by atoms with Gasteiger partial charge in [-0.15, -0.1) is 19.5 Å². The first kappa shape index (κ1) is 15.2. The quantitative estimate of drug-likeness (QED) is 0.190. The minimum absolute atomic E-state index is 0.132. The fourth-order valence-electron chi connectivity index (χ4n) is 0.296. The molecule has 11 heteroatoms. The van der Waals surface area contributed by atoms with Crippen LogP contribution in [0.1, 0.15) is 0 Å². The summed E-state index contributed by atoms with van der Waals surface area (Å²) < 4.78 is 30.3. The third-order valence-corrected chi connectivity index (χ3v) is 2.70. The number of hydrogen-bond donors (Lipinski definition) is 6. The Balaban J connectivity index is 4.10. The van der Waals surface area contributed by atoms with Crippen LogP contribution in [-0.4, -0.2) is 31.2 Å². The number of nitrogens with one attached hydrogen (secondary N) is 2. The standard InChI is InChI=1S/C4H14N4O4S3/c1-13-3(5)7-11-15(9,10)12-8-4(6)14-2/h7-8,13-14H,5-6H2,1-2H3. The molecule has 92 valence electrons. The van der Waals surface area contributed by atoms with Crippen LogP contribution in [0.2, 0.25) is 0 Å². The zero-order chi connectivity index (χ0) is 11.9. The molecule has 0 rings (SSSR count). The molecule has 0 saturated heterocycles. The third-order valence-electron chi connectivity index (χ3n) is 0.978. The third kappa shape index (κ3) is 8.01. The molecule has 8 nitrogen and oxygen atoms in total. The summed E-state index contributed by atoms with van der Waals surface area (Å²) in [5, 5.41) is 0.264. The van der Waals surface area contributed by atoms with Crippen molar-refractivity contribution in [1.29, 1.82) is 0 Å². The van der Waals surface area contributed by atoms with Gasteiger partial charge in [-0.25, -0.2) is 0 Å². The normalized spacial score (nSPS) is 15.5. The second kappa shape index (κ2) is 7.43. The SMILES string of the molecule is C[SH]=C(N)NOS(=O)(=O)ONC(N)=[SH]C. The molecule has 0 aromatic carbocycles. The molecule has 0 spiro atoms. The van der Waals surface area contributed by atoms with Gasteiger partial charge in [0, 0.05) is 0 Å². The lowest BCUT2D eigenvalue weighted by molar-refractivity contribution is 0.164. The first-order chi connectivity index (χ1) is 6.91. The van der Waals surface area contributed by atoms with E-state index in [0.29, 0.717) is 22.7 Å². The Kier molecular flexibility index (Phi) is 7.50. The first-order valence-corrected chi connectivity index (χ1v) is 7.51. The van der Waals surface area contributed by atoms with Crippen LogP contribution in [0.25, 0.3) is 0 Å². The highest BCUT2D eigenvalue weighted by Gasteiger charge is 2.13. The minimum Gasteiger partial charge on any atom is -0.287 e. The summed E-state index contributed by atoms with van der Waals surface area (Å²) in [7, 11) is -4.22. The average Bonchev–Trinajstić information content (AvgIpc) is 2.22. The van der Waals surface area contributed by atoms with Crippen LogP contribution < -0.4 is 22.4 Å². The Morgan fingerprint density at radius 3 is 1.67 bits per heavy atom. The summed E-state index contributed by atoms with van der Waals surface area (Å²) in [5.41, 5.74) is 14.5. The molecule has 0 amide bonds. The van der Waals surface area contributed by atoms with E-state index in [2.05, 4.69) is 8.57 Å². The van der Waals surface area contributed by atoms with Gasteiger partial charge in [-0.1, -0.05) is 0 Å². The maximum Gasteiger partial charge on any atom is 0.433 e. The molecule has 0 aliphatic heterocycles. The predicted octanol–water partition coefficient (Wildman–Crippen LogP) is -2.44. The van der Waals surface area contributed by atoms with Gasteiger partial charge in [-0.2, -0.15) is 31.1 Å². The molecule has 0 heterocycles. The Hall–Kier alpha value is 0.150. The molecular weight excluding hydrogens is 264 g/mol. The van der Waals surface area contributed by atoms with E-state index in [1.807, 2.05) is 11.0 Å². The van der Waals surface area contributed by atoms with Crippen molar-refractivity contribution < 1.29 is 17.0 Å². The molecule has 6 N–H and O–H groups in total. The fraction of sp³-hybridized carbons (Fsp3) is 0.500. The van der Waals surface area contributed by atoms with Gasteiger partial charge in [-0.3, -0.25) is 11.5 Å². The highest BCUT2D eigenvalue weighted by atomic mass is 32.3. The Bertz CT molecular complexity index is 323. The van der Waals surface area contributed by atoms with Gasteiger partial charge in [-0.05, 0) is 12.5 Å². The van der Waals surface area contributed by atoms with Gasteiger partial charge < -0.3 is 0 Å². The van der Waals surface area contributed by atoms with Gasteiger partial charge >= 0.3 is 10.4 Å². The molecule has 0 aliphatic carbocycles. The van der Waals surface area contributed by atoms with Crippen molar-refractivity contribution in [2.45, 2.75) is 0 Å². The van der Waals surface area contributed by atoms with Crippen molar-refractivity contribution in [3.8, 4) is 0 Å². The lowest BCUT2D eigenvalue weighted by atomic mass is 11.2. The van der Waals surface area contributed by atoms with Crippen LogP contribution in [0.5, 0.6) is 0 Å². The molecule has 0 aromatic rings. The number of thiol groups is 2. The molecular formula is C4H14N4O4S3. The molecule has 0 aliphatic rings. The summed E-state index contributed by atoms with van der Waals surface area (Å²) in [6.45, 7) is 0. The van der Waals surface area contributed by atoms with Gasteiger partial charge in [0.15, 0.2) is 0 Å². The molecule has 0 atom stereocenters. The molecule has 0 saturated carbocycles. The summed E-state index contributed by atoms with van der Waals surface area (Å²) >= 11 is 1.28. The summed E-state index contributed by atoms with van der Waals surface area (Å²) in [6, 6.07) is 0. The minimum atomic E-state index is -4.22. The number of hydrogen-bond acceptors (Lipinski definition) is 4. The maximum absolute atomic E-state index is 11.0. The fourth-order valence-corrected chi connectivity index (χ4v) is 1.11. The average molecular weight is 278 g/mol. The Labute approximate surface area is 95.4 Å². The topological polar surface area (TPSA) is 129 Å². The first-order valence-electron chi connectivity index (χ1n) is 3.49. The van der Waals surface area contributed by atoms with Crippen molar-refractivity contribution in [2.75, 3.05) is 12.5 Å². The van der Waals surface area contributed by atoms with Crippen molar-refractivity contribution in [1.82, 2.24) is 11.0 Å². The zero-order valence-corrected chi connectivity index (χ0v) is 10.7. The van der Waals surface area contributed by atoms with Crippen LogP contribution >= 0.6 is 22.7 Å². The van der Waals surface area contributed by atoms with E-state index in [4.69, 9.17) is 11.5 Å². The van der Waals surface area contributed by atoms with E-state index in [1.54, 1.807) is 12.5 Å². The van der Waals surface area contributed by atoms with Gasteiger partial charge in [0.1, 0.15) is 10.2 Å². The largest absolute Gasteiger partial charge is 0.433 e. The Morgan fingerprint density at radius 2 is 1.40 bits per heavy atom. The lowest BCUT2D eigenvalue weighted by Crippen LogP contribution is -2.37. The number of hydroxylamine groups is 2. The van der Waals surface area contributed by atoms with E-state index in [9.17, 15) is 8.42 Å². The Morgan fingerprint density at radius 1 is 1.07 bits per heavy atom. The van der Waals surface area contributed by atoms with E-state index in [1.165, 1.54) is 0 Å². The summed E-state index contributed by atoms with van der Waals surface area (Å²) in [4.78, 5) is 0. The van der Waals surface area contributed by atoms with Crippen molar-refractivity contribution >= 4 is 43.3 Å². The van der Waals surface area contributed by atoms with Crippen LogP contribution in [0.4, 0.5) is 0 Å². The van der Waals surface area contributed by atoms with E-state index < -0.39 is 10.4 Å². The number of nitrogens with two attached hydrogens (primary N) is 2. The second-order valence-corrected chi connectivity index (χ2v) is 5.00.